The second-order valence-corrected chi connectivity index (χ2v) is 8.42. The van der Waals surface area contributed by atoms with Gasteiger partial charge in [-0.2, -0.15) is 13.2 Å². The smallest absolute Gasteiger partial charge is 0.450 e. The van der Waals surface area contributed by atoms with E-state index in [4.69, 9.17) is 16.0 Å². The summed E-state index contributed by atoms with van der Waals surface area (Å²) in [5, 5.41) is 10.4. The van der Waals surface area contributed by atoms with Crippen molar-refractivity contribution in [3.05, 3.63) is 63.0 Å². The Balaban J connectivity index is 1.95. The number of piperidine rings is 1. The topological polar surface area (TPSA) is 53.7 Å². The van der Waals surface area contributed by atoms with E-state index in [1.165, 1.54) is 30.3 Å². The molecule has 0 unspecified atom stereocenters. The van der Waals surface area contributed by atoms with Gasteiger partial charge in [0, 0.05) is 17.1 Å². The van der Waals surface area contributed by atoms with Gasteiger partial charge in [-0.25, -0.2) is 0 Å². The number of rotatable bonds is 3. The number of hydrogen-bond donors (Lipinski definition) is 1. The van der Waals surface area contributed by atoms with E-state index in [1.54, 1.807) is 6.07 Å². The molecule has 0 spiro atoms. The Bertz CT molecular complexity index is 1180. The minimum Gasteiger partial charge on any atom is -0.507 e. The first-order chi connectivity index (χ1) is 14.7. The van der Waals surface area contributed by atoms with Gasteiger partial charge in [-0.3, -0.25) is 9.69 Å². The summed E-state index contributed by atoms with van der Waals surface area (Å²) in [6, 6.07) is 8.46. The lowest BCUT2D eigenvalue weighted by atomic mass is 9.97. The molecule has 0 bridgehead atoms. The normalized spacial score (nSPS) is 16.2. The average molecular weight is 452 g/mol. The summed E-state index contributed by atoms with van der Waals surface area (Å²) in [5.74, 6) is -1.05. The molecule has 1 aromatic heterocycles. The first kappa shape index (κ1) is 21.7. The van der Waals surface area contributed by atoms with Gasteiger partial charge in [-0.15, -0.1) is 0 Å². The highest BCUT2D eigenvalue weighted by Crippen LogP contribution is 2.41. The van der Waals surface area contributed by atoms with Gasteiger partial charge in [0.2, 0.25) is 11.2 Å². The number of aromatic hydroxyl groups is 1. The number of benzene rings is 2. The first-order valence-electron chi connectivity index (χ1n) is 10.0. The maximum absolute atomic E-state index is 14.0. The number of fused-ring (bicyclic) bond motifs is 1. The zero-order chi connectivity index (χ0) is 22.3. The molecular formula is C23H21ClF3NO3. The molecule has 4 rings (SSSR count). The van der Waals surface area contributed by atoms with Crippen molar-refractivity contribution in [3.63, 3.8) is 0 Å². The standard InChI is InChI=1S/C23H21ClF3NO3/c1-13-8-10-28(11-9-13)12-16-18(29)7-6-15-20(30)19(14-4-2-3-5-17(14)24)22(23(25,26)27)31-21(15)16/h2-7,13,29H,8-12H2,1H3. The molecule has 0 atom stereocenters. The van der Waals surface area contributed by atoms with Gasteiger partial charge in [0.05, 0.1) is 16.5 Å². The minimum atomic E-state index is -4.93. The minimum absolute atomic E-state index is 0.0149. The molecule has 31 heavy (non-hydrogen) atoms. The van der Waals surface area contributed by atoms with Gasteiger partial charge in [-0.05, 0) is 50.0 Å². The summed E-state index contributed by atoms with van der Waals surface area (Å²) >= 11 is 6.11. The monoisotopic (exact) mass is 451 g/mol. The third kappa shape index (κ3) is 4.16. The van der Waals surface area contributed by atoms with Crippen LogP contribution < -0.4 is 5.43 Å². The average Bonchev–Trinajstić information content (AvgIpc) is 2.71. The molecular weight excluding hydrogens is 431 g/mol. The fourth-order valence-electron chi connectivity index (χ4n) is 4.01. The van der Waals surface area contributed by atoms with Crippen LogP contribution >= 0.6 is 11.6 Å². The zero-order valence-corrected chi connectivity index (χ0v) is 17.6. The van der Waals surface area contributed by atoms with Crippen molar-refractivity contribution < 1.29 is 22.7 Å². The van der Waals surface area contributed by atoms with Gasteiger partial charge in [0.15, 0.2) is 0 Å². The lowest BCUT2D eigenvalue weighted by molar-refractivity contribution is -0.152. The maximum Gasteiger partial charge on any atom is 0.450 e. The van der Waals surface area contributed by atoms with Crippen LogP contribution in [0.2, 0.25) is 5.02 Å². The molecule has 8 heteroatoms. The molecule has 3 aromatic rings. The highest BCUT2D eigenvalue weighted by Gasteiger charge is 2.40. The van der Waals surface area contributed by atoms with E-state index in [-0.39, 0.29) is 39.4 Å². The van der Waals surface area contributed by atoms with E-state index in [0.29, 0.717) is 5.92 Å². The molecule has 1 saturated heterocycles. The Morgan fingerprint density at radius 3 is 2.48 bits per heavy atom. The van der Waals surface area contributed by atoms with E-state index in [9.17, 15) is 23.1 Å². The summed E-state index contributed by atoms with van der Waals surface area (Å²) in [6.07, 6.45) is -3.01. The summed E-state index contributed by atoms with van der Waals surface area (Å²) < 4.78 is 47.2. The third-order valence-electron chi connectivity index (χ3n) is 5.80. The molecule has 1 aliphatic heterocycles. The van der Waals surface area contributed by atoms with Gasteiger partial charge in [0.1, 0.15) is 11.3 Å². The van der Waals surface area contributed by atoms with E-state index in [0.717, 1.165) is 25.9 Å². The molecule has 2 aromatic carbocycles. The number of phenols is 1. The van der Waals surface area contributed by atoms with Crippen LogP contribution in [-0.2, 0) is 12.7 Å². The van der Waals surface area contributed by atoms with Gasteiger partial charge in [-0.1, -0.05) is 36.7 Å². The zero-order valence-electron chi connectivity index (χ0n) is 16.8. The summed E-state index contributed by atoms with van der Waals surface area (Å²) in [6.45, 7) is 3.86. The predicted molar refractivity (Wildman–Crippen MR) is 113 cm³/mol. The number of phenolic OH excluding ortho intramolecular Hbond substituents is 1. The SMILES string of the molecule is CC1CCN(Cc2c(O)ccc3c(=O)c(-c4ccccc4Cl)c(C(F)(F)F)oc23)CC1. The van der Waals surface area contributed by atoms with Gasteiger partial charge in [0.25, 0.3) is 0 Å². The Labute approximate surface area is 181 Å². The summed E-state index contributed by atoms with van der Waals surface area (Å²) in [4.78, 5) is 15.3. The Morgan fingerprint density at radius 1 is 1.16 bits per heavy atom. The van der Waals surface area contributed by atoms with Crippen molar-refractivity contribution in [2.24, 2.45) is 5.92 Å². The van der Waals surface area contributed by atoms with E-state index in [1.807, 2.05) is 4.90 Å². The Morgan fingerprint density at radius 2 is 1.84 bits per heavy atom. The van der Waals surface area contributed by atoms with Crippen molar-refractivity contribution >= 4 is 22.6 Å². The molecule has 2 heterocycles. The quantitative estimate of drug-likeness (QED) is 0.525. The van der Waals surface area contributed by atoms with Crippen LogP contribution in [0.25, 0.3) is 22.1 Å². The molecule has 0 aliphatic carbocycles. The number of hydrogen-bond acceptors (Lipinski definition) is 4. The van der Waals surface area contributed by atoms with Crippen LogP contribution in [0.3, 0.4) is 0 Å². The van der Waals surface area contributed by atoms with Crippen LogP contribution in [0.4, 0.5) is 13.2 Å². The van der Waals surface area contributed by atoms with Crippen molar-refractivity contribution in [2.45, 2.75) is 32.5 Å². The number of alkyl halides is 3. The lowest BCUT2D eigenvalue weighted by Crippen LogP contribution is -2.32. The molecule has 0 amide bonds. The molecule has 1 aliphatic rings. The van der Waals surface area contributed by atoms with Crippen LogP contribution in [0.5, 0.6) is 5.75 Å². The number of nitrogens with zero attached hydrogens (tertiary/aromatic N) is 1. The van der Waals surface area contributed by atoms with Gasteiger partial charge < -0.3 is 9.52 Å². The summed E-state index contributed by atoms with van der Waals surface area (Å²) in [7, 11) is 0. The van der Waals surface area contributed by atoms with Crippen LogP contribution in [0.15, 0.2) is 45.6 Å². The van der Waals surface area contributed by atoms with Crippen molar-refractivity contribution in [2.75, 3.05) is 13.1 Å². The van der Waals surface area contributed by atoms with E-state index in [2.05, 4.69) is 6.92 Å². The largest absolute Gasteiger partial charge is 0.507 e. The molecule has 1 fully saturated rings. The second-order valence-electron chi connectivity index (χ2n) is 8.01. The molecule has 1 N–H and O–H groups in total. The van der Waals surface area contributed by atoms with E-state index >= 15 is 0 Å². The molecule has 0 radical (unpaired) electrons. The highest BCUT2D eigenvalue weighted by molar-refractivity contribution is 6.33. The first-order valence-corrected chi connectivity index (χ1v) is 10.4. The fourth-order valence-corrected chi connectivity index (χ4v) is 4.24. The fraction of sp³-hybridized carbons (Fsp3) is 0.348. The summed E-state index contributed by atoms with van der Waals surface area (Å²) in [5.41, 5.74) is -1.58. The third-order valence-corrected chi connectivity index (χ3v) is 6.13. The molecule has 4 nitrogen and oxygen atoms in total. The number of likely N-dealkylation sites (tertiary alicyclic amines) is 1. The number of halogens is 4. The Hall–Kier alpha value is -2.51. The van der Waals surface area contributed by atoms with Crippen molar-refractivity contribution in [1.29, 1.82) is 0 Å². The van der Waals surface area contributed by atoms with Crippen molar-refractivity contribution in [3.8, 4) is 16.9 Å². The molecule has 164 valence electrons. The van der Waals surface area contributed by atoms with Crippen LogP contribution in [0, 0.1) is 5.92 Å². The Kier molecular flexibility index (Phi) is 5.75. The second kappa shape index (κ2) is 8.20. The van der Waals surface area contributed by atoms with Crippen LogP contribution in [-0.4, -0.2) is 23.1 Å². The highest BCUT2D eigenvalue weighted by atomic mass is 35.5. The molecule has 0 saturated carbocycles. The predicted octanol–water partition coefficient (Wildman–Crippen LogP) is 6.07. The van der Waals surface area contributed by atoms with Gasteiger partial charge >= 0.3 is 6.18 Å². The maximum atomic E-state index is 14.0. The van der Waals surface area contributed by atoms with E-state index < -0.39 is 22.9 Å². The van der Waals surface area contributed by atoms with Crippen LogP contribution in [0.1, 0.15) is 31.1 Å². The van der Waals surface area contributed by atoms with Crippen molar-refractivity contribution in [1.82, 2.24) is 4.90 Å². The lowest BCUT2D eigenvalue weighted by Gasteiger charge is -2.30.